The summed E-state index contributed by atoms with van der Waals surface area (Å²) in [5.74, 6) is -1.03. The zero-order chi connectivity index (χ0) is 14.9. The third-order valence-corrected chi connectivity index (χ3v) is 3.64. The number of hydrogen-bond acceptors (Lipinski definition) is 2. The number of aromatic nitrogens is 2. The Morgan fingerprint density at radius 2 is 2.05 bits per heavy atom. The van der Waals surface area contributed by atoms with Crippen molar-refractivity contribution in [2.45, 2.75) is 26.8 Å². The highest BCUT2D eigenvalue weighted by Gasteiger charge is 2.21. The van der Waals surface area contributed by atoms with E-state index in [1.165, 1.54) is 6.07 Å². The minimum Gasteiger partial charge on any atom is -0.380 e. The number of H-pyrrole nitrogens is 1. The Morgan fingerprint density at radius 3 is 2.65 bits per heavy atom. The first-order chi connectivity index (χ1) is 9.45. The summed E-state index contributed by atoms with van der Waals surface area (Å²) in [6, 6.07) is 2.08. The Hall–Kier alpha value is -1.27. The summed E-state index contributed by atoms with van der Waals surface area (Å²) in [6.45, 7) is 7.00. The van der Waals surface area contributed by atoms with E-state index in [0.717, 1.165) is 6.07 Å². The van der Waals surface area contributed by atoms with Crippen molar-refractivity contribution in [2.75, 3.05) is 13.2 Å². The van der Waals surface area contributed by atoms with Crippen molar-refractivity contribution in [2.24, 2.45) is 5.92 Å². The highest BCUT2D eigenvalue weighted by molar-refractivity contribution is 7.71. The Labute approximate surface area is 121 Å². The van der Waals surface area contributed by atoms with Crippen LogP contribution in [0.15, 0.2) is 12.1 Å². The molecule has 0 saturated carbocycles. The molecular weight excluding hydrogens is 282 g/mol. The first-order valence-electron chi connectivity index (χ1n) is 6.62. The lowest BCUT2D eigenvalue weighted by molar-refractivity contribution is 0.0974. The maximum absolute atomic E-state index is 13.8. The van der Waals surface area contributed by atoms with Gasteiger partial charge in [0.1, 0.15) is 11.3 Å². The fourth-order valence-corrected chi connectivity index (χ4v) is 2.62. The van der Waals surface area contributed by atoms with Gasteiger partial charge in [-0.1, -0.05) is 13.8 Å². The van der Waals surface area contributed by atoms with Gasteiger partial charge in [-0.3, -0.25) is 0 Å². The van der Waals surface area contributed by atoms with Crippen LogP contribution < -0.4 is 0 Å². The van der Waals surface area contributed by atoms with Crippen LogP contribution in [-0.2, 0) is 4.74 Å². The van der Waals surface area contributed by atoms with Crippen molar-refractivity contribution in [1.29, 1.82) is 0 Å². The summed E-state index contributed by atoms with van der Waals surface area (Å²) in [6.07, 6.45) is 0. The van der Waals surface area contributed by atoms with Crippen molar-refractivity contribution in [1.82, 2.24) is 9.55 Å². The average Bonchev–Trinajstić information content (AvgIpc) is 2.67. The maximum Gasteiger partial charge on any atom is 0.178 e. The van der Waals surface area contributed by atoms with Gasteiger partial charge in [0.2, 0.25) is 0 Å². The number of ether oxygens (including phenoxy) is 1. The minimum atomic E-state index is -0.635. The van der Waals surface area contributed by atoms with Gasteiger partial charge in [-0.2, -0.15) is 0 Å². The van der Waals surface area contributed by atoms with Crippen molar-refractivity contribution in [3.8, 4) is 0 Å². The molecule has 1 unspecified atom stereocenters. The number of halogens is 2. The van der Waals surface area contributed by atoms with Crippen LogP contribution in [0.1, 0.15) is 26.8 Å². The molecule has 1 atom stereocenters. The van der Waals surface area contributed by atoms with E-state index in [4.69, 9.17) is 17.0 Å². The van der Waals surface area contributed by atoms with Gasteiger partial charge in [0, 0.05) is 12.7 Å². The Morgan fingerprint density at radius 1 is 1.35 bits per heavy atom. The molecule has 110 valence electrons. The lowest BCUT2D eigenvalue weighted by atomic mass is 10.0. The molecule has 0 amide bonds. The predicted octanol–water partition coefficient (Wildman–Crippen LogP) is 4.21. The van der Waals surface area contributed by atoms with E-state index in [-0.39, 0.29) is 17.5 Å². The summed E-state index contributed by atoms with van der Waals surface area (Å²) in [5.41, 5.74) is 0.671. The summed E-state index contributed by atoms with van der Waals surface area (Å²) in [7, 11) is 0. The lowest BCUT2D eigenvalue weighted by Gasteiger charge is -2.23. The normalized spacial score (nSPS) is 13.3. The molecule has 0 saturated heterocycles. The molecule has 0 bridgehead atoms. The Kier molecular flexibility index (Phi) is 4.55. The van der Waals surface area contributed by atoms with Crippen molar-refractivity contribution < 1.29 is 13.5 Å². The lowest BCUT2D eigenvalue weighted by Crippen LogP contribution is -2.21. The molecule has 20 heavy (non-hydrogen) atoms. The molecule has 0 aliphatic carbocycles. The number of imidazole rings is 1. The molecule has 0 radical (unpaired) electrons. The molecular formula is C14H18F2N2OS. The molecule has 3 nitrogen and oxygen atoms in total. The molecule has 2 rings (SSSR count). The van der Waals surface area contributed by atoms with E-state index in [1.54, 1.807) is 4.57 Å². The van der Waals surface area contributed by atoms with Crippen molar-refractivity contribution >= 4 is 23.3 Å². The summed E-state index contributed by atoms with van der Waals surface area (Å²) in [5, 5.41) is 0. The molecule has 1 N–H and O–H groups in total. The van der Waals surface area contributed by atoms with Gasteiger partial charge >= 0.3 is 0 Å². The fourth-order valence-electron chi connectivity index (χ4n) is 2.28. The summed E-state index contributed by atoms with van der Waals surface area (Å²) >= 11 is 5.26. The molecule has 0 aliphatic heterocycles. The smallest absolute Gasteiger partial charge is 0.178 e. The summed E-state index contributed by atoms with van der Waals surface area (Å²) < 4.78 is 34.9. The van der Waals surface area contributed by atoms with Gasteiger partial charge in [-0.15, -0.1) is 0 Å². The SMILES string of the molecule is CCOCC(C(C)C)n1c(=S)[nH]c2c(F)cc(F)cc21. The van der Waals surface area contributed by atoms with Gasteiger partial charge in [-0.05, 0) is 31.1 Å². The van der Waals surface area contributed by atoms with Crippen LogP contribution in [0.25, 0.3) is 11.0 Å². The second-order valence-electron chi connectivity index (χ2n) is 5.05. The first-order valence-corrected chi connectivity index (χ1v) is 7.03. The number of benzene rings is 1. The van der Waals surface area contributed by atoms with Crippen LogP contribution in [0.3, 0.4) is 0 Å². The van der Waals surface area contributed by atoms with E-state index in [9.17, 15) is 8.78 Å². The molecule has 2 aromatic rings. The summed E-state index contributed by atoms with van der Waals surface area (Å²) in [4.78, 5) is 2.81. The molecule has 6 heteroatoms. The molecule has 0 fully saturated rings. The molecule has 1 aromatic heterocycles. The molecule has 1 heterocycles. The number of aromatic amines is 1. The zero-order valence-corrected chi connectivity index (χ0v) is 12.6. The number of hydrogen-bond donors (Lipinski definition) is 1. The van der Waals surface area contributed by atoms with Crippen LogP contribution in [0.4, 0.5) is 8.78 Å². The van der Waals surface area contributed by atoms with Gasteiger partial charge in [0.25, 0.3) is 0 Å². The topological polar surface area (TPSA) is 29.9 Å². The molecule has 1 aromatic carbocycles. The molecule has 0 spiro atoms. The minimum absolute atomic E-state index is 0.0719. The van der Waals surface area contributed by atoms with Gasteiger partial charge in [-0.25, -0.2) is 8.78 Å². The number of nitrogens with one attached hydrogen (secondary N) is 1. The number of fused-ring (bicyclic) bond motifs is 1. The second kappa shape index (κ2) is 6.01. The quantitative estimate of drug-likeness (QED) is 0.838. The largest absolute Gasteiger partial charge is 0.380 e. The average molecular weight is 300 g/mol. The second-order valence-corrected chi connectivity index (χ2v) is 5.44. The van der Waals surface area contributed by atoms with Crippen LogP contribution in [0.5, 0.6) is 0 Å². The Bertz CT molecular complexity index is 663. The maximum atomic E-state index is 13.8. The number of nitrogens with zero attached hydrogens (tertiary/aromatic N) is 1. The predicted molar refractivity (Wildman–Crippen MR) is 77.4 cm³/mol. The molecule has 0 aliphatic rings. The third-order valence-electron chi connectivity index (χ3n) is 3.34. The van der Waals surface area contributed by atoms with E-state index in [1.807, 2.05) is 20.8 Å². The first kappa shape index (κ1) is 15.1. The van der Waals surface area contributed by atoms with E-state index >= 15 is 0 Å². The van der Waals surface area contributed by atoms with Crippen LogP contribution in [-0.4, -0.2) is 22.8 Å². The highest BCUT2D eigenvalue weighted by Crippen LogP contribution is 2.27. The van der Waals surface area contributed by atoms with Gasteiger partial charge in [0.15, 0.2) is 10.6 Å². The van der Waals surface area contributed by atoms with E-state index in [2.05, 4.69) is 4.98 Å². The zero-order valence-electron chi connectivity index (χ0n) is 11.7. The monoisotopic (exact) mass is 300 g/mol. The fraction of sp³-hybridized carbons (Fsp3) is 0.500. The number of rotatable bonds is 5. The Balaban J connectivity index is 2.62. The van der Waals surface area contributed by atoms with Crippen LogP contribution >= 0.6 is 12.2 Å². The van der Waals surface area contributed by atoms with Gasteiger partial charge < -0.3 is 14.3 Å². The van der Waals surface area contributed by atoms with Crippen molar-refractivity contribution in [3.63, 3.8) is 0 Å². The standard InChI is InChI=1S/C14H18F2N2OS/c1-4-19-7-12(8(2)3)18-11-6-9(15)5-10(16)13(11)17-14(18)20/h5-6,8,12H,4,7H2,1-3H3,(H,17,20). The van der Waals surface area contributed by atoms with Crippen LogP contribution in [0.2, 0.25) is 0 Å². The van der Waals surface area contributed by atoms with Crippen molar-refractivity contribution in [3.05, 3.63) is 28.5 Å². The van der Waals surface area contributed by atoms with Crippen LogP contribution in [0, 0.1) is 22.3 Å². The van der Waals surface area contributed by atoms with E-state index in [0.29, 0.717) is 23.5 Å². The van der Waals surface area contributed by atoms with E-state index < -0.39 is 11.6 Å². The highest BCUT2D eigenvalue weighted by atomic mass is 32.1. The third kappa shape index (κ3) is 2.76. The van der Waals surface area contributed by atoms with Gasteiger partial charge in [0.05, 0.1) is 18.2 Å².